The van der Waals surface area contributed by atoms with Crippen LogP contribution in [0.25, 0.3) is 0 Å². The van der Waals surface area contributed by atoms with Gasteiger partial charge in [0.1, 0.15) is 0 Å². The van der Waals surface area contributed by atoms with Gasteiger partial charge in [0.05, 0.1) is 0 Å². The van der Waals surface area contributed by atoms with Crippen LogP contribution in [0.15, 0.2) is 0 Å². The third kappa shape index (κ3) is 4.27. The lowest BCUT2D eigenvalue weighted by molar-refractivity contribution is -0.119. The molecule has 0 radical (unpaired) electrons. The number of amides is 1. The molecule has 1 heterocycles. The van der Waals surface area contributed by atoms with Gasteiger partial charge in [-0.3, -0.25) is 4.79 Å². The molecule has 0 bridgehead atoms. The first-order chi connectivity index (χ1) is 5.33. The normalized spacial score (nSPS) is 22.1. The molecule has 0 aromatic rings. The van der Waals surface area contributed by atoms with Crippen LogP contribution in [0, 0.1) is 0 Å². The average molecular weight is 177 g/mol. The van der Waals surface area contributed by atoms with Crippen molar-refractivity contribution in [3.05, 3.63) is 0 Å². The van der Waals surface area contributed by atoms with E-state index in [0.29, 0.717) is 5.25 Å². The lowest BCUT2D eigenvalue weighted by Crippen LogP contribution is -2.14. The van der Waals surface area contributed by atoms with Crippen molar-refractivity contribution in [1.82, 2.24) is 5.32 Å². The van der Waals surface area contributed by atoms with Gasteiger partial charge in [-0.25, -0.2) is 0 Å². The molecule has 1 atom stereocenters. The second-order valence-corrected chi connectivity index (χ2v) is 3.66. The third-order valence-corrected chi connectivity index (χ3v) is 2.48. The van der Waals surface area contributed by atoms with Gasteiger partial charge in [0.25, 0.3) is 0 Å². The minimum absolute atomic E-state index is 0.209. The number of hydrogen-bond donors (Lipinski definition) is 2. The van der Waals surface area contributed by atoms with Crippen LogP contribution in [0.1, 0.15) is 13.3 Å². The zero-order valence-electron chi connectivity index (χ0n) is 6.96. The van der Waals surface area contributed by atoms with E-state index in [1.54, 1.807) is 0 Å². The molecule has 1 amide bonds. The van der Waals surface area contributed by atoms with Crippen molar-refractivity contribution in [2.45, 2.75) is 18.6 Å². The van der Waals surface area contributed by atoms with E-state index in [4.69, 9.17) is 5.11 Å². The fourth-order valence-electron chi connectivity index (χ4n) is 0.932. The Hall–Kier alpha value is -0.220. The number of aliphatic hydroxyl groups is 1. The highest BCUT2D eigenvalue weighted by Gasteiger charge is 2.20. The molecule has 0 saturated carbocycles. The molecule has 4 heteroatoms. The van der Waals surface area contributed by atoms with E-state index in [2.05, 4.69) is 12.2 Å². The minimum Gasteiger partial charge on any atom is -0.400 e. The van der Waals surface area contributed by atoms with Gasteiger partial charge in [0.15, 0.2) is 0 Å². The topological polar surface area (TPSA) is 49.3 Å². The Morgan fingerprint density at radius 2 is 2.36 bits per heavy atom. The van der Waals surface area contributed by atoms with E-state index in [1.807, 2.05) is 11.8 Å². The molecule has 1 aliphatic heterocycles. The molecule has 1 aliphatic rings. The van der Waals surface area contributed by atoms with Crippen molar-refractivity contribution in [2.75, 3.05) is 19.4 Å². The summed E-state index contributed by atoms with van der Waals surface area (Å²) in [6.07, 6.45) is 0.721. The highest BCUT2D eigenvalue weighted by Crippen LogP contribution is 2.16. The quantitative estimate of drug-likeness (QED) is 0.635. The molecular formula is C7H15NO2S. The Labute approximate surface area is 71.6 Å². The molecule has 2 N–H and O–H groups in total. The fraction of sp³-hybridized carbons (Fsp3) is 0.857. The van der Waals surface area contributed by atoms with Crippen LogP contribution in [0.2, 0.25) is 0 Å². The summed E-state index contributed by atoms with van der Waals surface area (Å²) in [6, 6.07) is 0. The van der Waals surface area contributed by atoms with Gasteiger partial charge < -0.3 is 10.4 Å². The number of hydrogen-bond acceptors (Lipinski definition) is 3. The molecule has 1 rings (SSSR count). The first kappa shape index (κ1) is 10.8. The minimum atomic E-state index is 0.209. The van der Waals surface area contributed by atoms with Crippen LogP contribution in [0.3, 0.4) is 0 Å². The van der Waals surface area contributed by atoms with E-state index < -0.39 is 0 Å². The summed E-state index contributed by atoms with van der Waals surface area (Å²) >= 11 is 1.86. The Morgan fingerprint density at radius 3 is 2.73 bits per heavy atom. The second kappa shape index (κ2) is 6.49. The molecule has 66 valence electrons. The monoisotopic (exact) mass is 177 g/mol. The van der Waals surface area contributed by atoms with Gasteiger partial charge in [-0.1, -0.05) is 6.92 Å². The number of carbonyl (C=O) groups is 1. The maximum atomic E-state index is 10.6. The van der Waals surface area contributed by atoms with Gasteiger partial charge in [-0.15, -0.1) is 0 Å². The number of thioether (sulfide) groups is 1. The van der Waals surface area contributed by atoms with Crippen molar-refractivity contribution >= 4 is 17.7 Å². The van der Waals surface area contributed by atoms with E-state index >= 15 is 0 Å². The summed E-state index contributed by atoms with van der Waals surface area (Å²) in [6.45, 7) is 2.99. The molecule has 1 unspecified atom stereocenters. The summed E-state index contributed by atoms with van der Waals surface area (Å²) in [5.74, 6) is 1.32. The molecule has 0 aliphatic carbocycles. The summed E-state index contributed by atoms with van der Waals surface area (Å²) in [5, 5.41) is 10.3. The van der Waals surface area contributed by atoms with Crippen LogP contribution in [-0.2, 0) is 4.79 Å². The van der Waals surface area contributed by atoms with Crippen LogP contribution >= 0.6 is 11.8 Å². The zero-order chi connectivity index (χ0) is 8.69. The Balaban J connectivity index is 0.000000461. The molecule has 0 aromatic heterocycles. The zero-order valence-corrected chi connectivity index (χ0v) is 7.78. The van der Waals surface area contributed by atoms with E-state index in [9.17, 15) is 4.79 Å². The summed E-state index contributed by atoms with van der Waals surface area (Å²) in [4.78, 5) is 10.6. The van der Waals surface area contributed by atoms with Gasteiger partial charge in [-0.2, -0.15) is 11.8 Å². The van der Waals surface area contributed by atoms with Crippen LogP contribution < -0.4 is 5.32 Å². The van der Waals surface area contributed by atoms with E-state index in [-0.39, 0.29) is 5.91 Å². The third-order valence-electron chi connectivity index (χ3n) is 1.34. The highest BCUT2D eigenvalue weighted by molar-refractivity contribution is 7.99. The first-order valence-electron chi connectivity index (χ1n) is 3.66. The van der Waals surface area contributed by atoms with Crippen molar-refractivity contribution in [2.24, 2.45) is 0 Å². The second-order valence-electron chi connectivity index (χ2n) is 2.09. The smallest absolute Gasteiger partial charge is 0.221 e. The van der Waals surface area contributed by atoms with E-state index in [0.717, 1.165) is 25.8 Å². The largest absolute Gasteiger partial charge is 0.400 e. The molecular weight excluding hydrogens is 162 g/mol. The molecule has 11 heavy (non-hydrogen) atoms. The number of aliphatic hydroxyl groups excluding tert-OH is 1. The predicted octanol–water partition coefficient (Wildman–Crippen LogP) is 0.237. The van der Waals surface area contributed by atoms with Crippen molar-refractivity contribution in [3.8, 4) is 0 Å². The van der Waals surface area contributed by atoms with Crippen molar-refractivity contribution in [3.63, 3.8) is 0 Å². The Kier molecular flexibility index (Phi) is 6.36. The van der Waals surface area contributed by atoms with Gasteiger partial charge in [-0.05, 0) is 5.75 Å². The lowest BCUT2D eigenvalue weighted by Gasteiger charge is -2.01. The molecule has 3 nitrogen and oxygen atoms in total. The van der Waals surface area contributed by atoms with Crippen LogP contribution in [0.4, 0.5) is 0 Å². The molecule has 0 aromatic carbocycles. The maximum absolute atomic E-state index is 10.6. The van der Waals surface area contributed by atoms with Crippen molar-refractivity contribution in [1.29, 1.82) is 0 Å². The molecule has 1 fully saturated rings. The molecule has 0 spiro atoms. The standard InChI is InChI=1S/C6H11NOS.CH4O/c1-2-9-5-3-6(8)7-4-5;1-2/h5H,2-4H2,1H3,(H,7,8);2H,1H3. The Bertz CT molecular complexity index is 119. The van der Waals surface area contributed by atoms with Crippen molar-refractivity contribution < 1.29 is 9.90 Å². The Morgan fingerprint density at radius 1 is 1.73 bits per heavy atom. The summed E-state index contributed by atoms with van der Waals surface area (Å²) in [7, 11) is 1.00. The van der Waals surface area contributed by atoms with E-state index in [1.165, 1.54) is 0 Å². The van der Waals surface area contributed by atoms with Gasteiger partial charge in [0, 0.05) is 25.3 Å². The SMILES string of the molecule is CCSC1CNC(=O)C1.CO. The fourth-order valence-corrected chi connectivity index (χ4v) is 1.87. The number of carbonyl (C=O) groups excluding carboxylic acids is 1. The predicted molar refractivity (Wildman–Crippen MR) is 47.7 cm³/mol. The lowest BCUT2D eigenvalue weighted by atomic mass is 10.4. The highest BCUT2D eigenvalue weighted by atomic mass is 32.2. The summed E-state index contributed by atoms with van der Waals surface area (Å²) < 4.78 is 0. The average Bonchev–Trinajstić information content (AvgIpc) is 2.41. The summed E-state index contributed by atoms with van der Waals surface area (Å²) in [5.41, 5.74) is 0. The number of rotatable bonds is 2. The van der Waals surface area contributed by atoms with Gasteiger partial charge in [0.2, 0.25) is 5.91 Å². The van der Waals surface area contributed by atoms with Gasteiger partial charge >= 0.3 is 0 Å². The number of nitrogens with one attached hydrogen (secondary N) is 1. The molecule has 1 saturated heterocycles. The first-order valence-corrected chi connectivity index (χ1v) is 4.71. The maximum Gasteiger partial charge on any atom is 0.221 e. The van der Waals surface area contributed by atoms with Crippen LogP contribution in [0.5, 0.6) is 0 Å². The van der Waals surface area contributed by atoms with Crippen LogP contribution in [-0.4, -0.2) is 35.7 Å².